The fourth-order valence-electron chi connectivity index (χ4n) is 3.70. The molecular formula is C17H27NS. The van der Waals surface area contributed by atoms with Gasteiger partial charge in [-0.15, -0.1) is 11.3 Å². The summed E-state index contributed by atoms with van der Waals surface area (Å²) in [5.41, 5.74) is 0. The number of nitrogens with one attached hydrogen (secondary N) is 1. The Hall–Kier alpha value is -0.340. The number of rotatable bonds is 5. The molecule has 3 atom stereocenters. The predicted octanol–water partition coefficient (Wildman–Crippen LogP) is 5.00. The molecule has 0 spiro atoms. The molecule has 0 bridgehead atoms. The van der Waals surface area contributed by atoms with Crippen LogP contribution in [0.3, 0.4) is 0 Å². The van der Waals surface area contributed by atoms with E-state index in [-0.39, 0.29) is 0 Å². The molecule has 0 radical (unpaired) electrons. The molecular weight excluding hydrogens is 250 g/mol. The molecule has 3 rings (SSSR count). The second kappa shape index (κ2) is 5.97. The van der Waals surface area contributed by atoms with Crippen LogP contribution in [0.4, 0.5) is 0 Å². The Bertz CT molecular complexity index is 380. The molecule has 1 heterocycles. The van der Waals surface area contributed by atoms with Crippen molar-refractivity contribution in [3.63, 3.8) is 0 Å². The van der Waals surface area contributed by atoms with Crippen molar-refractivity contribution in [3.8, 4) is 0 Å². The molecule has 1 aromatic rings. The Morgan fingerprint density at radius 3 is 2.63 bits per heavy atom. The highest BCUT2D eigenvalue weighted by Gasteiger charge is 2.35. The zero-order valence-corrected chi connectivity index (χ0v) is 13.1. The first-order valence-electron chi connectivity index (χ1n) is 8.03. The minimum atomic E-state index is 0.558. The van der Waals surface area contributed by atoms with Gasteiger partial charge in [-0.2, -0.15) is 0 Å². The molecule has 0 saturated heterocycles. The summed E-state index contributed by atoms with van der Waals surface area (Å²) in [6.07, 6.45) is 8.77. The highest BCUT2D eigenvalue weighted by Crippen LogP contribution is 2.44. The van der Waals surface area contributed by atoms with Crippen molar-refractivity contribution < 1.29 is 0 Å². The van der Waals surface area contributed by atoms with Crippen LogP contribution < -0.4 is 5.32 Å². The molecule has 2 aliphatic rings. The molecule has 19 heavy (non-hydrogen) atoms. The van der Waals surface area contributed by atoms with Gasteiger partial charge >= 0.3 is 0 Å². The third kappa shape index (κ3) is 3.41. The van der Waals surface area contributed by atoms with Crippen molar-refractivity contribution in [2.75, 3.05) is 0 Å². The lowest BCUT2D eigenvalue weighted by atomic mass is 9.82. The number of hydrogen-bond acceptors (Lipinski definition) is 2. The zero-order valence-electron chi connectivity index (χ0n) is 12.3. The molecule has 2 heteroatoms. The summed E-state index contributed by atoms with van der Waals surface area (Å²) in [7, 11) is 0. The first kappa shape index (κ1) is 13.6. The molecule has 0 aromatic carbocycles. The van der Waals surface area contributed by atoms with Crippen molar-refractivity contribution in [1.82, 2.24) is 5.32 Å². The third-order valence-corrected chi connectivity index (χ3v) is 5.89. The largest absolute Gasteiger partial charge is 0.306 e. The van der Waals surface area contributed by atoms with E-state index in [9.17, 15) is 0 Å². The summed E-state index contributed by atoms with van der Waals surface area (Å²) in [6, 6.07) is 5.80. The smallest absolute Gasteiger partial charge is 0.0440 e. The second-order valence-corrected chi connectivity index (χ2v) is 7.84. The molecule has 1 aromatic heterocycles. The van der Waals surface area contributed by atoms with Gasteiger partial charge in [0.05, 0.1) is 0 Å². The van der Waals surface area contributed by atoms with Gasteiger partial charge in [-0.05, 0) is 54.9 Å². The van der Waals surface area contributed by atoms with Crippen molar-refractivity contribution in [2.45, 2.75) is 64.5 Å². The van der Waals surface area contributed by atoms with Gasteiger partial charge in [0, 0.05) is 17.0 Å². The maximum atomic E-state index is 3.98. The molecule has 2 aliphatic carbocycles. The molecule has 0 amide bonds. The summed E-state index contributed by atoms with van der Waals surface area (Å²) < 4.78 is 0. The Morgan fingerprint density at radius 1 is 1.16 bits per heavy atom. The second-order valence-electron chi connectivity index (χ2n) is 6.86. The van der Waals surface area contributed by atoms with Gasteiger partial charge in [-0.3, -0.25) is 0 Å². The molecule has 2 fully saturated rings. The molecule has 2 saturated carbocycles. The quantitative estimate of drug-likeness (QED) is 0.798. The lowest BCUT2D eigenvalue weighted by Crippen LogP contribution is -2.38. The van der Waals surface area contributed by atoms with E-state index in [0.29, 0.717) is 12.0 Å². The molecule has 1 N–H and O–H groups in total. The van der Waals surface area contributed by atoms with Crippen LogP contribution in [0.2, 0.25) is 0 Å². The van der Waals surface area contributed by atoms with Crippen LogP contribution in [0.5, 0.6) is 0 Å². The third-order valence-electron chi connectivity index (χ3n) is 4.94. The molecule has 106 valence electrons. The SMILES string of the molecule is CC(C)C(NC1CCCC(C2CC2)C1)c1cccs1. The highest BCUT2D eigenvalue weighted by atomic mass is 32.1. The summed E-state index contributed by atoms with van der Waals surface area (Å²) in [5.74, 6) is 2.80. The van der Waals surface area contributed by atoms with Gasteiger partial charge < -0.3 is 5.32 Å². The highest BCUT2D eigenvalue weighted by molar-refractivity contribution is 7.10. The van der Waals surface area contributed by atoms with Crippen molar-refractivity contribution in [2.24, 2.45) is 17.8 Å². The van der Waals surface area contributed by atoms with E-state index in [4.69, 9.17) is 0 Å². The van der Waals surface area contributed by atoms with E-state index in [0.717, 1.165) is 17.9 Å². The Morgan fingerprint density at radius 2 is 2.00 bits per heavy atom. The van der Waals surface area contributed by atoms with Crippen molar-refractivity contribution in [3.05, 3.63) is 22.4 Å². The fourth-order valence-corrected chi connectivity index (χ4v) is 4.66. The van der Waals surface area contributed by atoms with Gasteiger partial charge in [0.2, 0.25) is 0 Å². The van der Waals surface area contributed by atoms with Crippen LogP contribution in [0.15, 0.2) is 17.5 Å². The van der Waals surface area contributed by atoms with Gasteiger partial charge in [-0.1, -0.05) is 32.8 Å². The van der Waals surface area contributed by atoms with E-state index in [1.807, 2.05) is 11.3 Å². The predicted molar refractivity (Wildman–Crippen MR) is 83.5 cm³/mol. The average Bonchev–Trinajstić information content (AvgIpc) is 3.12. The standard InChI is InChI=1S/C17H27NS/c1-12(2)17(16-7-4-10-19-16)18-15-6-3-5-14(11-15)13-8-9-13/h4,7,10,12-15,17-18H,3,5-6,8-9,11H2,1-2H3. The fraction of sp³-hybridized carbons (Fsp3) is 0.765. The lowest BCUT2D eigenvalue weighted by Gasteiger charge is -2.34. The number of thiophene rings is 1. The average molecular weight is 277 g/mol. The maximum absolute atomic E-state index is 3.98. The van der Waals surface area contributed by atoms with Crippen LogP contribution in [0, 0.1) is 17.8 Å². The van der Waals surface area contributed by atoms with E-state index in [1.165, 1.54) is 43.4 Å². The van der Waals surface area contributed by atoms with E-state index >= 15 is 0 Å². The Kier molecular flexibility index (Phi) is 4.28. The first-order chi connectivity index (χ1) is 9.24. The summed E-state index contributed by atoms with van der Waals surface area (Å²) >= 11 is 1.90. The zero-order chi connectivity index (χ0) is 13.2. The normalized spacial score (nSPS) is 29.6. The van der Waals surface area contributed by atoms with E-state index in [2.05, 4.69) is 36.7 Å². The first-order valence-corrected chi connectivity index (χ1v) is 8.91. The molecule has 3 unspecified atom stereocenters. The van der Waals surface area contributed by atoms with Crippen LogP contribution in [-0.4, -0.2) is 6.04 Å². The number of hydrogen-bond donors (Lipinski definition) is 1. The topological polar surface area (TPSA) is 12.0 Å². The van der Waals surface area contributed by atoms with Crippen LogP contribution >= 0.6 is 11.3 Å². The Balaban J connectivity index is 1.61. The minimum absolute atomic E-state index is 0.558. The minimum Gasteiger partial charge on any atom is -0.306 e. The van der Waals surface area contributed by atoms with Gasteiger partial charge in [0.15, 0.2) is 0 Å². The molecule has 1 nitrogen and oxygen atoms in total. The maximum Gasteiger partial charge on any atom is 0.0440 e. The van der Waals surface area contributed by atoms with E-state index in [1.54, 1.807) is 0 Å². The van der Waals surface area contributed by atoms with Crippen LogP contribution in [0.25, 0.3) is 0 Å². The van der Waals surface area contributed by atoms with Gasteiger partial charge in [0.1, 0.15) is 0 Å². The summed E-state index contributed by atoms with van der Waals surface area (Å²) in [5, 5.41) is 6.19. The molecule has 0 aliphatic heterocycles. The van der Waals surface area contributed by atoms with Crippen molar-refractivity contribution in [1.29, 1.82) is 0 Å². The summed E-state index contributed by atoms with van der Waals surface area (Å²) in [4.78, 5) is 1.52. The van der Waals surface area contributed by atoms with Gasteiger partial charge in [-0.25, -0.2) is 0 Å². The van der Waals surface area contributed by atoms with Gasteiger partial charge in [0.25, 0.3) is 0 Å². The monoisotopic (exact) mass is 277 g/mol. The lowest BCUT2D eigenvalue weighted by molar-refractivity contribution is 0.232. The summed E-state index contributed by atoms with van der Waals surface area (Å²) in [6.45, 7) is 4.69. The van der Waals surface area contributed by atoms with Crippen LogP contribution in [-0.2, 0) is 0 Å². The van der Waals surface area contributed by atoms with Crippen LogP contribution in [0.1, 0.15) is 63.3 Å². The Labute approximate surface area is 121 Å². The van der Waals surface area contributed by atoms with Crippen molar-refractivity contribution >= 4 is 11.3 Å². The van der Waals surface area contributed by atoms with E-state index < -0.39 is 0 Å².